The van der Waals surface area contributed by atoms with Crippen LogP contribution in [0, 0.1) is 0 Å². The molecule has 4 heteroatoms. The number of hydrogen-bond donors (Lipinski definition) is 1. The molecule has 0 radical (unpaired) electrons. The third-order valence-electron chi connectivity index (χ3n) is 3.83. The quantitative estimate of drug-likeness (QED) is 0.686. The Labute approximate surface area is 141 Å². The van der Waals surface area contributed by atoms with E-state index in [1.807, 2.05) is 10.7 Å². The molecule has 3 aromatic rings. The molecule has 0 spiro atoms. The van der Waals surface area contributed by atoms with Crippen molar-refractivity contribution in [3.63, 3.8) is 0 Å². The fraction of sp³-hybridized carbons (Fsp3) is 0.211. The van der Waals surface area contributed by atoms with E-state index in [-0.39, 0.29) is 0 Å². The smallest absolute Gasteiger partial charge is 0.146 e. The number of nitrogens with zero attached hydrogens (tertiary/aromatic N) is 2. The Morgan fingerprint density at radius 3 is 2.35 bits per heavy atom. The van der Waals surface area contributed by atoms with Gasteiger partial charge in [-0.3, -0.25) is 0 Å². The summed E-state index contributed by atoms with van der Waals surface area (Å²) in [6, 6.07) is 18.9. The van der Waals surface area contributed by atoms with Crippen LogP contribution < -0.4 is 5.73 Å². The van der Waals surface area contributed by atoms with Crippen LogP contribution in [0.15, 0.2) is 59.5 Å². The van der Waals surface area contributed by atoms with Crippen LogP contribution in [0.4, 0.5) is 5.82 Å². The molecule has 2 N–H and O–H groups in total. The highest BCUT2D eigenvalue weighted by Gasteiger charge is 2.10. The summed E-state index contributed by atoms with van der Waals surface area (Å²) in [5.41, 5.74) is 10.5. The van der Waals surface area contributed by atoms with Crippen LogP contribution in [-0.4, -0.2) is 16.0 Å². The Hall–Kier alpha value is -2.20. The molecule has 0 aliphatic carbocycles. The topological polar surface area (TPSA) is 43.8 Å². The lowest BCUT2D eigenvalue weighted by atomic mass is 10.1. The normalized spacial score (nSPS) is 10.9. The van der Waals surface area contributed by atoms with Crippen molar-refractivity contribution >= 4 is 17.6 Å². The third-order valence-corrected chi connectivity index (χ3v) is 4.58. The number of anilines is 1. The van der Waals surface area contributed by atoms with Crippen molar-refractivity contribution in [1.82, 2.24) is 9.78 Å². The summed E-state index contributed by atoms with van der Waals surface area (Å²) in [4.78, 5) is 1.25. The molecular weight excluding hydrogens is 302 g/mol. The van der Waals surface area contributed by atoms with Crippen molar-refractivity contribution in [2.24, 2.45) is 0 Å². The van der Waals surface area contributed by atoms with Crippen molar-refractivity contribution in [2.75, 3.05) is 12.0 Å². The summed E-state index contributed by atoms with van der Waals surface area (Å²) < 4.78 is 1.92. The summed E-state index contributed by atoms with van der Waals surface area (Å²) in [6.45, 7) is 2.19. The van der Waals surface area contributed by atoms with Gasteiger partial charge in [0.25, 0.3) is 0 Å². The third kappa shape index (κ3) is 3.42. The number of rotatable bonds is 5. The van der Waals surface area contributed by atoms with E-state index in [9.17, 15) is 0 Å². The minimum Gasteiger partial charge on any atom is -0.382 e. The van der Waals surface area contributed by atoms with Gasteiger partial charge in [0.1, 0.15) is 5.82 Å². The fourth-order valence-corrected chi connectivity index (χ4v) is 3.06. The van der Waals surface area contributed by atoms with Gasteiger partial charge in [0.15, 0.2) is 0 Å². The van der Waals surface area contributed by atoms with Gasteiger partial charge in [-0.15, -0.1) is 11.8 Å². The lowest BCUT2D eigenvalue weighted by molar-refractivity contribution is 0.885. The average molecular weight is 323 g/mol. The first-order valence-corrected chi connectivity index (χ1v) is 9.03. The first kappa shape index (κ1) is 15.7. The maximum absolute atomic E-state index is 5.95. The van der Waals surface area contributed by atoms with E-state index >= 15 is 0 Å². The lowest BCUT2D eigenvalue weighted by Crippen LogP contribution is -2.00. The molecule has 0 amide bonds. The second kappa shape index (κ2) is 6.92. The molecule has 0 saturated carbocycles. The highest BCUT2D eigenvalue weighted by molar-refractivity contribution is 7.98. The molecule has 1 heterocycles. The van der Waals surface area contributed by atoms with E-state index in [0.29, 0.717) is 5.82 Å². The van der Waals surface area contributed by atoms with Crippen molar-refractivity contribution < 1.29 is 0 Å². The van der Waals surface area contributed by atoms with Gasteiger partial charge < -0.3 is 5.73 Å². The number of thioether (sulfide) groups is 1. The van der Waals surface area contributed by atoms with Crippen LogP contribution in [0.25, 0.3) is 16.9 Å². The molecule has 0 atom stereocenters. The van der Waals surface area contributed by atoms with Gasteiger partial charge in [-0.2, -0.15) is 5.10 Å². The molecule has 0 saturated heterocycles. The Kier molecular flexibility index (Phi) is 4.72. The van der Waals surface area contributed by atoms with Crippen LogP contribution in [-0.2, 0) is 6.42 Å². The van der Waals surface area contributed by atoms with Gasteiger partial charge in [0.05, 0.1) is 11.4 Å². The molecule has 3 rings (SSSR count). The summed E-state index contributed by atoms with van der Waals surface area (Å²) in [7, 11) is 0. The van der Waals surface area contributed by atoms with Crippen LogP contribution in [0.5, 0.6) is 0 Å². The van der Waals surface area contributed by atoms with Crippen molar-refractivity contribution in [3.8, 4) is 16.9 Å². The van der Waals surface area contributed by atoms with Crippen molar-refractivity contribution in [1.29, 1.82) is 0 Å². The number of hydrogen-bond acceptors (Lipinski definition) is 3. The van der Waals surface area contributed by atoms with E-state index in [0.717, 1.165) is 29.8 Å². The highest BCUT2D eigenvalue weighted by Crippen LogP contribution is 2.27. The molecule has 0 bridgehead atoms. The van der Waals surface area contributed by atoms with Crippen LogP contribution >= 0.6 is 11.8 Å². The summed E-state index contributed by atoms with van der Waals surface area (Å²) in [6.07, 6.45) is 4.33. The Morgan fingerprint density at radius 1 is 1.04 bits per heavy atom. The van der Waals surface area contributed by atoms with E-state index in [4.69, 9.17) is 5.73 Å². The Bertz CT molecular complexity index is 773. The molecule has 3 nitrogen and oxygen atoms in total. The summed E-state index contributed by atoms with van der Waals surface area (Å²) >= 11 is 1.74. The average Bonchev–Trinajstić information content (AvgIpc) is 2.98. The second-order valence-electron chi connectivity index (χ2n) is 5.51. The number of nitrogens with two attached hydrogens (primary N) is 1. The maximum atomic E-state index is 5.95. The van der Waals surface area contributed by atoms with Crippen molar-refractivity contribution in [3.05, 3.63) is 60.2 Å². The number of nitrogen functional groups attached to an aromatic ring is 1. The lowest BCUT2D eigenvalue weighted by Gasteiger charge is -2.09. The first-order valence-electron chi connectivity index (χ1n) is 7.80. The van der Waals surface area contributed by atoms with E-state index in [1.54, 1.807) is 11.8 Å². The molecule has 2 aromatic carbocycles. The largest absolute Gasteiger partial charge is 0.382 e. The van der Waals surface area contributed by atoms with E-state index in [1.165, 1.54) is 10.5 Å². The van der Waals surface area contributed by atoms with Crippen LogP contribution in [0.2, 0.25) is 0 Å². The minimum absolute atomic E-state index is 0.534. The summed E-state index contributed by atoms with van der Waals surface area (Å²) in [5, 5.41) is 4.46. The van der Waals surface area contributed by atoms with Gasteiger partial charge in [-0.25, -0.2) is 4.68 Å². The molecular formula is C19H21N3S. The minimum atomic E-state index is 0.534. The number of aromatic nitrogens is 2. The Morgan fingerprint density at radius 2 is 1.74 bits per heavy atom. The zero-order chi connectivity index (χ0) is 16.2. The van der Waals surface area contributed by atoms with Gasteiger partial charge in [0.2, 0.25) is 0 Å². The molecule has 23 heavy (non-hydrogen) atoms. The first-order chi connectivity index (χ1) is 11.2. The second-order valence-corrected chi connectivity index (χ2v) is 6.39. The predicted molar refractivity (Wildman–Crippen MR) is 99.2 cm³/mol. The van der Waals surface area contributed by atoms with Crippen molar-refractivity contribution in [2.45, 2.75) is 24.7 Å². The fourth-order valence-electron chi connectivity index (χ4n) is 2.66. The van der Waals surface area contributed by atoms with Gasteiger partial charge >= 0.3 is 0 Å². The van der Waals surface area contributed by atoms with Crippen LogP contribution in [0.3, 0.4) is 0 Å². The zero-order valence-corrected chi connectivity index (χ0v) is 14.3. The molecule has 0 aliphatic heterocycles. The molecule has 118 valence electrons. The van der Waals surface area contributed by atoms with Gasteiger partial charge in [-0.05, 0) is 42.5 Å². The van der Waals surface area contributed by atoms with Gasteiger partial charge in [-0.1, -0.05) is 37.6 Å². The standard InChI is InChI=1S/C19H21N3S/c1-3-4-14-5-9-16(10-6-14)22-18(13-19(20)21-22)15-7-11-17(23-2)12-8-15/h5-13H,3-4H2,1-2H3,(H2,20,21). The number of aryl methyl sites for hydroxylation is 1. The SMILES string of the molecule is CCCc1ccc(-n2nc(N)cc2-c2ccc(SC)cc2)cc1. The maximum Gasteiger partial charge on any atom is 0.146 e. The zero-order valence-electron chi connectivity index (χ0n) is 13.5. The van der Waals surface area contributed by atoms with Crippen LogP contribution in [0.1, 0.15) is 18.9 Å². The Balaban J connectivity index is 1.99. The predicted octanol–water partition coefficient (Wildman–Crippen LogP) is 4.80. The highest BCUT2D eigenvalue weighted by atomic mass is 32.2. The van der Waals surface area contributed by atoms with Gasteiger partial charge in [0, 0.05) is 16.5 Å². The molecule has 1 aromatic heterocycles. The molecule has 0 unspecified atom stereocenters. The number of benzene rings is 2. The monoisotopic (exact) mass is 323 g/mol. The molecule has 0 aliphatic rings. The molecule has 0 fully saturated rings. The van der Waals surface area contributed by atoms with E-state index < -0.39 is 0 Å². The summed E-state index contributed by atoms with van der Waals surface area (Å²) in [5.74, 6) is 0.534. The van der Waals surface area contributed by atoms with E-state index in [2.05, 4.69) is 66.8 Å².